The molecule has 1 saturated heterocycles. The molecule has 0 radical (unpaired) electrons. The Morgan fingerprint density at radius 2 is 1.33 bits per heavy atom. The third kappa shape index (κ3) is 4.89. The lowest BCUT2D eigenvalue weighted by molar-refractivity contribution is 0.401. The van der Waals surface area contributed by atoms with Gasteiger partial charge in [-0.25, -0.2) is 13.4 Å². The van der Waals surface area contributed by atoms with Crippen molar-refractivity contribution in [1.82, 2.24) is 9.29 Å². The number of sulfonamides is 1. The van der Waals surface area contributed by atoms with Gasteiger partial charge < -0.3 is 4.90 Å². The summed E-state index contributed by atoms with van der Waals surface area (Å²) in [7, 11) is -3.69. The first-order valence-corrected chi connectivity index (χ1v) is 11.9. The molecule has 1 aliphatic rings. The van der Waals surface area contributed by atoms with Gasteiger partial charge >= 0.3 is 0 Å². The van der Waals surface area contributed by atoms with Crippen LogP contribution >= 0.6 is 0 Å². The first-order chi connectivity index (χ1) is 14.6. The number of pyridine rings is 1. The smallest absolute Gasteiger partial charge is 0.245 e. The zero-order chi connectivity index (χ0) is 20.8. The van der Waals surface area contributed by atoms with E-state index in [0.29, 0.717) is 13.1 Å². The maximum atomic E-state index is 13.5. The highest BCUT2D eigenvalue weighted by Gasteiger charge is 2.26. The Morgan fingerprint density at radius 1 is 0.767 bits per heavy atom. The van der Waals surface area contributed by atoms with Gasteiger partial charge in [-0.15, -0.1) is 0 Å². The second-order valence-electron chi connectivity index (χ2n) is 7.64. The minimum atomic E-state index is -3.69. The lowest BCUT2D eigenvalue weighted by atomic mass is 10.1. The summed E-state index contributed by atoms with van der Waals surface area (Å²) in [6.45, 7) is 2.58. The third-order valence-electron chi connectivity index (χ3n) is 5.44. The van der Waals surface area contributed by atoms with Crippen LogP contribution in [0.15, 0.2) is 83.9 Å². The van der Waals surface area contributed by atoms with Crippen LogP contribution in [0.4, 0.5) is 5.82 Å². The number of anilines is 1. The molecule has 2 aromatic carbocycles. The highest BCUT2D eigenvalue weighted by atomic mass is 32.2. The van der Waals surface area contributed by atoms with Crippen molar-refractivity contribution in [2.75, 3.05) is 18.0 Å². The van der Waals surface area contributed by atoms with Gasteiger partial charge in [0.2, 0.25) is 10.0 Å². The van der Waals surface area contributed by atoms with Gasteiger partial charge in [0.05, 0.1) is 0 Å². The molecule has 1 fully saturated rings. The van der Waals surface area contributed by atoms with Crippen molar-refractivity contribution >= 4 is 15.8 Å². The van der Waals surface area contributed by atoms with E-state index in [0.717, 1.165) is 42.9 Å². The predicted octanol–water partition coefficient (Wildman–Crippen LogP) is 4.46. The Hall–Kier alpha value is -2.70. The van der Waals surface area contributed by atoms with E-state index in [-0.39, 0.29) is 4.90 Å². The molecule has 1 aromatic heterocycles. The Labute approximate surface area is 179 Å². The molecule has 0 aliphatic carbocycles. The summed E-state index contributed by atoms with van der Waals surface area (Å²) >= 11 is 0. The number of benzene rings is 2. The Morgan fingerprint density at radius 3 is 1.83 bits per heavy atom. The molecule has 0 bridgehead atoms. The van der Waals surface area contributed by atoms with Crippen molar-refractivity contribution in [1.29, 1.82) is 0 Å². The first-order valence-electron chi connectivity index (χ1n) is 10.4. The van der Waals surface area contributed by atoms with E-state index < -0.39 is 10.0 Å². The standard InChI is InChI=1S/C24H27N3O2S/c28-30(29,23-14-15-24(25-18-23)26-16-8-3-9-17-26)27(19-21-10-4-1-5-11-21)20-22-12-6-2-7-13-22/h1-2,4-7,10-15,18H,3,8-9,16-17,19-20H2. The Bertz CT molecular complexity index is 991. The zero-order valence-corrected chi connectivity index (χ0v) is 17.8. The molecular formula is C24H27N3O2S. The van der Waals surface area contributed by atoms with Crippen molar-refractivity contribution < 1.29 is 8.42 Å². The van der Waals surface area contributed by atoms with Crippen LogP contribution in [0.2, 0.25) is 0 Å². The quantitative estimate of drug-likeness (QED) is 0.565. The summed E-state index contributed by atoms with van der Waals surface area (Å²) in [5.74, 6) is 0.853. The van der Waals surface area contributed by atoms with Crippen molar-refractivity contribution in [3.05, 3.63) is 90.1 Å². The van der Waals surface area contributed by atoms with Crippen molar-refractivity contribution in [2.45, 2.75) is 37.2 Å². The highest BCUT2D eigenvalue weighted by Crippen LogP contribution is 2.23. The molecule has 1 aliphatic heterocycles. The number of aromatic nitrogens is 1. The second kappa shape index (κ2) is 9.41. The first kappa shape index (κ1) is 20.6. The van der Waals surface area contributed by atoms with Crippen LogP contribution in [0.1, 0.15) is 30.4 Å². The summed E-state index contributed by atoms with van der Waals surface area (Å²) in [6.07, 6.45) is 5.06. The SMILES string of the molecule is O=S(=O)(c1ccc(N2CCCCC2)nc1)N(Cc1ccccc1)Cc1ccccc1. The summed E-state index contributed by atoms with van der Waals surface area (Å²) < 4.78 is 28.5. The lowest BCUT2D eigenvalue weighted by Crippen LogP contribution is -2.31. The highest BCUT2D eigenvalue weighted by molar-refractivity contribution is 7.89. The van der Waals surface area contributed by atoms with Gasteiger partial charge in [0.25, 0.3) is 0 Å². The van der Waals surface area contributed by atoms with Gasteiger partial charge in [0.1, 0.15) is 10.7 Å². The van der Waals surface area contributed by atoms with Gasteiger partial charge in [0.15, 0.2) is 0 Å². The van der Waals surface area contributed by atoms with Crippen LogP contribution in [0.25, 0.3) is 0 Å². The minimum absolute atomic E-state index is 0.232. The van der Waals surface area contributed by atoms with Crippen LogP contribution < -0.4 is 4.90 Å². The van der Waals surface area contributed by atoms with Crippen molar-refractivity contribution in [3.63, 3.8) is 0 Å². The maximum absolute atomic E-state index is 13.5. The molecule has 0 N–H and O–H groups in total. The fourth-order valence-electron chi connectivity index (χ4n) is 3.78. The average molecular weight is 422 g/mol. The van der Waals surface area contributed by atoms with Crippen LogP contribution in [0, 0.1) is 0 Å². The topological polar surface area (TPSA) is 53.5 Å². The van der Waals surface area contributed by atoms with E-state index in [2.05, 4.69) is 9.88 Å². The number of piperidine rings is 1. The summed E-state index contributed by atoms with van der Waals surface area (Å²) in [6, 6.07) is 22.9. The van der Waals surface area contributed by atoms with E-state index in [1.54, 1.807) is 6.07 Å². The van der Waals surface area contributed by atoms with Crippen molar-refractivity contribution in [2.24, 2.45) is 0 Å². The molecule has 0 unspecified atom stereocenters. The number of nitrogens with zero attached hydrogens (tertiary/aromatic N) is 3. The molecule has 4 rings (SSSR count). The average Bonchev–Trinajstić information content (AvgIpc) is 2.81. The summed E-state index contributed by atoms with van der Waals surface area (Å²) in [5, 5.41) is 0. The molecule has 0 saturated carbocycles. The predicted molar refractivity (Wildman–Crippen MR) is 120 cm³/mol. The minimum Gasteiger partial charge on any atom is -0.357 e. The maximum Gasteiger partial charge on any atom is 0.245 e. The molecule has 156 valence electrons. The molecule has 0 spiro atoms. The van der Waals surface area contributed by atoms with Gasteiger partial charge in [-0.2, -0.15) is 4.31 Å². The fraction of sp³-hybridized carbons (Fsp3) is 0.292. The molecule has 3 aromatic rings. The van der Waals surface area contributed by atoms with E-state index >= 15 is 0 Å². The van der Waals surface area contributed by atoms with E-state index in [4.69, 9.17) is 0 Å². The Kier molecular flexibility index (Phi) is 6.45. The van der Waals surface area contributed by atoms with E-state index in [1.165, 1.54) is 16.9 Å². The molecular weight excluding hydrogens is 394 g/mol. The molecule has 0 atom stereocenters. The third-order valence-corrected chi connectivity index (χ3v) is 7.22. The van der Waals surface area contributed by atoms with Crippen LogP contribution in [0.5, 0.6) is 0 Å². The van der Waals surface area contributed by atoms with Crippen LogP contribution in [0.3, 0.4) is 0 Å². The second-order valence-corrected chi connectivity index (χ2v) is 9.58. The number of hydrogen-bond acceptors (Lipinski definition) is 4. The van der Waals surface area contributed by atoms with Gasteiger partial charge in [-0.1, -0.05) is 60.7 Å². The van der Waals surface area contributed by atoms with E-state index in [1.807, 2.05) is 66.7 Å². The summed E-state index contributed by atoms with van der Waals surface area (Å²) in [4.78, 5) is 6.94. The largest absolute Gasteiger partial charge is 0.357 e. The molecule has 0 amide bonds. The number of hydrogen-bond donors (Lipinski definition) is 0. The van der Waals surface area contributed by atoms with Gasteiger partial charge in [-0.05, 0) is 42.5 Å². The van der Waals surface area contributed by atoms with Crippen LogP contribution in [-0.2, 0) is 23.1 Å². The summed E-state index contributed by atoms with van der Waals surface area (Å²) in [5.41, 5.74) is 1.91. The zero-order valence-electron chi connectivity index (χ0n) is 17.0. The molecule has 30 heavy (non-hydrogen) atoms. The lowest BCUT2D eigenvalue weighted by Gasteiger charge is -2.28. The normalized spacial score (nSPS) is 14.8. The molecule has 5 nitrogen and oxygen atoms in total. The van der Waals surface area contributed by atoms with Gasteiger partial charge in [-0.3, -0.25) is 0 Å². The molecule has 6 heteroatoms. The Balaban J connectivity index is 1.60. The van der Waals surface area contributed by atoms with Crippen LogP contribution in [-0.4, -0.2) is 30.8 Å². The molecule has 2 heterocycles. The van der Waals surface area contributed by atoms with Crippen molar-refractivity contribution in [3.8, 4) is 0 Å². The monoisotopic (exact) mass is 421 g/mol. The fourth-order valence-corrected chi connectivity index (χ4v) is 5.15. The number of rotatable bonds is 7. The van der Waals surface area contributed by atoms with E-state index in [9.17, 15) is 8.42 Å². The van der Waals surface area contributed by atoms with Gasteiger partial charge in [0, 0.05) is 32.4 Å².